The zero-order chi connectivity index (χ0) is 14.8. The molecule has 0 aliphatic carbocycles. The van der Waals surface area contributed by atoms with Crippen molar-refractivity contribution in [3.05, 3.63) is 69.8 Å². The van der Waals surface area contributed by atoms with E-state index in [4.69, 9.17) is 5.73 Å². The Morgan fingerprint density at radius 2 is 1.82 bits per heavy atom. The van der Waals surface area contributed by atoms with Gasteiger partial charge in [-0.15, -0.1) is 12.4 Å². The second kappa shape index (κ2) is 7.32. The molecule has 0 aliphatic heterocycles. The first-order chi connectivity index (χ1) is 10.2. The average molecular weight is 380 g/mol. The molecule has 0 spiro atoms. The predicted octanol–water partition coefficient (Wildman–Crippen LogP) is 4.68. The van der Waals surface area contributed by atoms with Crippen LogP contribution in [0.1, 0.15) is 16.8 Å². The third kappa shape index (κ3) is 3.22. The molecule has 4 heteroatoms. The van der Waals surface area contributed by atoms with Crippen LogP contribution in [-0.4, -0.2) is 11.1 Å². The fraction of sp³-hybridized carbons (Fsp3) is 0.222. The summed E-state index contributed by atoms with van der Waals surface area (Å²) in [6.07, 6.45) is 0.917. The fourth-order valence-corrected chi connectivity index (χ4v) is 3.31. The Morgan fingerprint density at radius 3 is 2.50 bits per heavy atom. The summed E-state index contributed by atoms with van der Waals surface area (Å²) in [6.45, 7) is 3.77. The van der Waals surface area contributed by atoms with Gasteiger partial charge in [0.2, 0.25) is 0 Å². The number of nitrogens with zero attached hydrogens (tertiary/aromatic N) is 1. The molecular weight excluding hydrogens is 360 g/mol. The van der Waals surface area contributed by atoms with Crippen molar-refractivity contribution in [3.63, 3.8) is 0 Å². The number of fused-ring (bicyclic) bond motifs is 1. The van der Waals surface area contributed by atoms with E-state index in [1.807, 2.05) is 0 Å². The highest BCUT2D eigenvalue weighted by molar-refractivity contribution is 9.10. The van der Waals surface area contributed by atoms with Crippen molar-refractivity contribution in [2.24, 2.45) is 5.73 Å². The summed E-state index contributed by atoms with van der Waals surface area (Å²) in [7, 11) is 0. The van der Waals surface area contributed by atoms with Gasteiger partial charge in [-0.1, -0.05) is 46.3 Å². The number of halogens is 2. The van der Waals surface area contributed by atoms with Gasteiger partial charge in [0, 0.05) is 27.6 Å². The molecule has 3 aromatic rings. The topological polar surface area (TPSA) is 30.9 Å². The lowest BCUT2D eigenvalue weighted by Gasteiger charge is -2.09. The van der Waals surface area contributed by atoms with Crippen LogP contribution in [0.4, 0.5) is 0 Å². The summed E-state index contributed by atoms with van der Waals surface area (Å²) in [5.74, 6) is 0. The molecule has 0 fully saturated rings. The van der Waals surface area contributed by atoms with Crippen molar-refractivity contribution >= 4 is 39.2 Å². The minimum absolute atomic E-state index is 0. The van der Waals surface area contributed by atoms with Gasteiger partial charge in [0.05, 0.1) is 0 Å². The fourth-order valence-electron chi connectivity index (χ4n) is 2.95. The summed E-state index contributed by atoms with van der Waals surface area (Å²) in [6, 6.07) is 17.1. The van der Waals surface area contributed by atoms with Gasteiger partial charge in [0.1, 0.15) is 0 Å². The van der Waals surface area contributed by atoms with Crippen molar-refractivity contribution < 1.29 is 0 Å². The Labute approximate surface area is 145 Å². The number of rotatable bonds is 4. The van der Waals surface area contributed by atoms with E-state index in [0.29, 0.717) is 6.54 Å². The lowest BCUT2D eigenvalue weighted by molar-refractivity contribution is 0.792. The van der Waals surface area contributed by atoms with E-state index in [0.717, 1.165) is 17.4 Å². The standard InChI is InChI=1S/C18H19BrN2.ClH/c1-13-16(9-10-20)17-11-15(19)7-8-18(17)21(13)12-14-5-3-2-4-6-14;/h2-8,11H,9-10,12,20H2,1H3;1H. The maximum atomic E-state index is 5.80. The molecule has 0 bridgehead atoms. The molecule has 0 aliphatic rings. The first-order valence-electron chi connectivity index (χ1n) is 7.22. The molecule has 116 valence electrons. The largest absolute Gasteiger partial charge is 0.340 e. The lowest BCUT2D eigenvalue weighted by Crippen LogP contribution is -2.05. The van der Waals surface area contributed by atoms with Crippen molar-refractivity contribution in [1.82, 2.24) is 4.57 Å². The monoisotopic (exact) mass is 378 g/mol. The Morgan fingerprint density at radius 1 is 1.09 bits per heavy atom. The SMILES string of the molecule is Cc1c(CCN)c2cc(Br)ccc2n1Cc1ccccc1.Cl. The molecule has 2 nitrogen and oxygen atoms in total. The maximum Gasteiger partial charge on any atom is 0.0489 e. The summed E-state index contributed by atoms with van der Waals surface area (Å²) in [5.41, 5.74) is 11.1. The van der Waals surface area contributed by atoms with E-state index >= 15 is 0 Å². The van der Waals surface area contributed by atoms with Gasteiger partial charge in [-0.2, -0.15) is 0 Å². The van der Waals surface area contributed by atoms with Gasteiger partial charge in [0.15, 0.2) is 0 Å². The molecule has 2 N–H and O–H groups in total. The van der Waals surface area contributed by atoms with E-state index in [1.165, 1.54) is 27.7 Å². The van der Waals surface area contributed by atoms with Crippen molar-refractivity contribution in [2.75, 3.05) is 6.54 Å². The minimum Gasteiger partial charge on any atom is -0.340 e. The van der Waals surface area contributed by atoms with Crippen LogP contribution in [0.2, 0.25) is 0 Å². The van der Waals surface area contributed by atoms with Gasteiger partial charge >= 0.3 is 0 Å². The summed E-state index contributed by atoms with van der Waals surface area (Å²) in [5, 5.41) is 1.31. The van der Waals surface area contributed by atoms with Gasteiger partial charge in [0.25, 0.3) is 0 Å². The van der Waals surface area contributed by atoms with Crippen LogP contribution >= 0.6 is 28.3 Å². The molecule has 0 radical (unpaired) electrons. The van der Waals surface area contributed by atoms with Crippen LogP contribution in [0.15, 0.2) is 53.0 Å². The maximum absolute atomic E-state index is 5.80. The smallest absolute Gasteiger partial charge is 0.0489 e. The predicted molar refractivity (Wildman–Crippen MR) is 99.9 cm³/mol. The Bertz CT molecular complexity index is 766. The third-order valence-electron chi connectivity index (χ3n) is 3.99. The van der Waals surface area contributed by atoms with E-state index in [-0.39, 0.29) is 12.4 Å². The van der Waals surface area contributed by atoms with Crippen LogP contribution < -0.4 is 5.73 Å². The molecule has 0 saturated carbocycles. The van der Waals surface area contributed by atoms with Crippen LogP contribution in [0.25, 0.3) is 10.9 Å². The number of benzene rings is 2. The van der Waals surface area contributed by atoms with Gasteiger partial charge in [-0.3, -0.25) is 0 Å². The molecule has 22 heavy (non-hydrogen) atoms. The summed E-state index contributed by atoms with van der Waals surface area (Å²) in [4.78, 5) is 0. The van der Waals surface area contributed by atoms with Crippen molar-refractivity contribution in [2.45, 2.75) is 19.9 Å². The third-order valence-corrected chi connectivity index (χ3v) is 4.49. The number of hydrogen-bond donors (Lipinski definition) is 1. The quantitative estimate of drug-likeness (QED) is 0.701. The first-order valence-corrected chi connectivity index (χ1v) is 8.01. The zero-order valence-corrected chi connectivity index (χ0v) is 15.0. The van der Waals surface area contributed by atoms with E-state index in [9.17, 15) is 0 Å². The van der Waals surface area contributed by atoms with Gasteiger partial charge in [-0.05, 0) is 49.2 Å². The highest BCUT2D eigenvalue weighted by atomic mass is 79.9. The molecule has 0 amide bonds. The Hall–Kier alpha value is -1.29. The molecular formula is C18H20BrClN2. The van der Waals surface area contributed by atoms with Crippen LogP contribution in [-0.2, 0) is 13.0 Å². The molecule has 0 atom stereocenters. The highest BCUT2D eigenvalue weighted by Crippen LogP contribution is 2.29. The normalized spacial score (nSPS) is 10.7. The van der Waals surface area contributed by atoms with E-state index < -0.39 is 0 Å². The molecule has 1 aromatic heterocycles. The highest BCUT2D eigenvalue weighted by Gasteiger charge is 2.13. The lowest BCUT2D eigenvalue weighted by atomic mass is 10.1. The van der Waals surface area contributed by atoms with Crippen LogP contribution in [0.5, 0.6) is 0 Å². The summed E-state index contributed by atoms with van der Waals surface area (Å²) < 4.78 is 3.51. The molecule has 2 aromatic carbocycles. The minimum atomic E-state index is 0. The molecule has 0 saturated heterocycles. The van der Waals surface area contributed by atoms with Crippen LogP contribution in [0.3, 0.4) is 0 Å². The van der Waals surface area contributed by atoms with Crippen molar-refractivity contribution in [3.8, 4) is 0 Å². The average Bonchev–Trinajstić information content (AvgIpc) is 2.74. The molecule has 3 rings (SSSR count). The second-order valence-electron chi connectivity index (χ2n) is 5.34. The second-order valence-corrected chi connectivity index (χ2v) is 6.25. The number of hydrogen-bond acceptors (Lipinski definition) is 1. The van der Waals surface area contributed by atoms with Crippen LogP contribution in [0, 0.1) is 6.92 Å². The number of aromatic nitrogens is 1. The van der Waals surface area contributed by atoms with E-state index in [2.05, 4.69) is 76.0 Å². The Kier molecular flexibility index (Phi) is 5.68. The zero-order valence-electron chi connectivity index (χ0n) is 12.6. The number of nitrogens with two attached hydrogens (primary N) is 1. The molecule has 1 heterocycles. The van der Waals surface area contributed by atoms with Crippen molar-refractivity contribution in [1.29, 1.82) is 0 Å². The molecule has 0 unspecified atom stereocenters. The van der Waals surface area contributed by atoms with Gasteiger partial charge < -0.3 is 10.3 Å². The van der Waals surface area contributed by atoms with E-state index in [1.54, 1.807) is 0 Å². The first kappa shape index (κ1) is 17.1. The summed E-state index contributed by atoms with van der Waals surface area (Å²) >= 11 is 3.58. The Balaban J connectivity index is 0.00000176. The van der Waals surface area contributed by atoms with Gasteiger partial charge in [-0.25, -0.2) is 0 Å².